The summed E-state index contributed by atoms with van der Waals surface area (Å²) < 4.78 is 7.55. The van der Waals surface area contributed by atoms with Gasteiger partial charge in [-0.05, 0) is 28.8 Å². The van der Waals surface area contributed by atoms with Crippen molar-refractivity contribution in [2.45, 2.75) is 25.5 Å². The number of fused-ring (bicyclic) bond motifs is 1. The van der Waals surface area contributed by atoms with Gasteiger partial charge in [-0.2, -0.15) is 5.10 Å². The van der Waals surface area contributed by atoms with Gasteiger partial charge in [0, 0.05) is 25.7 Å². The van der Waals surface area contributed by atoms with E-state index in [-0.39, 0.29) is 17.7 Å². The summed E-state index contributed by atoms with van der Waals surface area (Å²) in [7, 11) is 0. The number of benzene rings is 2. The maximum absolute atomic E-state index is 12.7. The summed E-state index contributed by atoms with van der Waals surface area (Å²) in [6, 6.07) is 15.8. The Morgan fingerprint density at radius 3 is 2.79 bits per heavy atom. The third-order valence-corrected chi connectivity index (χ3v) is 5.23. The van der Waals surface area contributed by atoms with Crippen LogP contribution in [0.2, 0.25) is 0 Å². The molecule has 1 unspecified atom stereocenters. The lowest BCUT2D eigenvalue weighted by atomic mass is 9.99. The molecule has 7 nitrogen and oxygen atoms in total. The van der Waals surface area contributed by atoms with E-state index in [4.69, 9.17) is 9.84 Å². The third kappa shape index (κ3) is 4.30. The Hall–Kier alpha value is -3.19. The van der Waals surface area contributed by atoms with Crippen LogP contribution in [0.4, 0.5) is 0 Å². The molecule has 150 valence electrons. The Morgan fingerprint density at radius 1 is 1.14 bits per heavy atom. The fourth-order valence-electron chi connectivity index (χ4n) is 3.75. The van der Waals surface area contributed by atoms with Crippen LogP contribution < -0.4 is 0 Å². The van der Waals surface area contributed by atoms with Crippen molar-refractivity contribution in [3.63, 3.8) is 0 Å². The highest BCUT2D eigenvalue weighted by Gasteiger charge is 2.26. The van der Waals surface area contributed by atoms with Crippen molar-refractivity contribution in [3.8, 4) is 0 Å². The number of carboxylic acids is 1. The summed E-state index contributed by atoms with van der Waals surface area (Å²) in [6.45, 7) is 2.15. The molecular formula is C22H23N3O4. The predicted molar refractivity (Wildman–Crippen MR) is 108 cm³/mol. The summed E-state index contributed by atoms with van der Waals surface area (Å²) in [5, 5.41) is 15.2. The number of aromatic carboxylic acids is 1. The number of hydrogen-bond acceptors (Lipinski definition) is 4. The molecule has 4 rings (SSSR count). The van der Waals surface area contributed by atoms with E-state index in [1.807, 2.05) is 23.1 Å². The third-order valence-electron chi connectivity index (χ3n) is 5.23. The van der Waals surface area contributed by atoms with Crippen LogP contribution in [0.3, 0.4) is 0 Å². The van der Waals surface area contributed by atoms with Gasteiger partial charge in [-0.15, -0.1) is 0 Å². The number of amides is 1. The van der Waals surface area contributed by atoms with E-state index < -0.39 is 5.97 Å². The molecule has 1 fully saturated rings. The summed E-state index contributed by atoms with van der Waals surface area (Å²) in [5.74, 6) is -0.961. The Bertz CT molecular complexity index is 1020. The number of carbonyl (C=O) groups excluding carboxylic acids is 1. The monoisotopic (exact) mass is 393 g/mol. The highest BCUT2D eigenvalue weighted by molar-refractivity contribution is 5.86. The topological polar surface area (TPSA) is 84.7 Å². The lowest BCUT2D eigenvalue weighted by Gasteiger charge is -2.33. The van der Waals surface area contributed by atoms with Crippen LogP contribution in [0.25, 0.3) is 10.8 Å². The van der Waals surface area contributed by atoms with Crippen LogP contribution in [-0.4, -0.2) is 51.4 Å². The average Bonchev–Trinajstić information content (AvgIpc) is 3.23. The molecule has 0 spiro atoms. The van der Waals surface area contributed by atoms with Crippen LogP contribution in [0.5, 0.6) is 0 Å². The van der Waals surface area contributed by atoms with Gasteiger partial charge in [0.2, 0.25) is 5.91 Å². The molecule has 1 amide bonds. The number of morpholine rings is 1. The lowest BCUT2D eigenvalue weighted by Crippen LogP contribution is -2.42. The summed E-state index contributed by atoms with van der Waals surface area (Å²) in [6.07, 6.45) is 2.49. The van der Waals surface area contributed by atoms with Gasteiger partial charge in [0.25, 0.3) is 0 Å². The van der Waals surface area contributed by atoms with Crippen molar-refractivity contribution in [2.75, 3.05) is 19.7 Å². The fourth-order valence-corrected chi connectivity index (χ4v) is 3.75. The van der Waals surface area contributed by atoms with E-state index in [1.54, 1.807) is 10.9 Å². The van der Waals surface area contributed by atoms with Gasteiger partial charge < -0.3 is 14.7 Å². The van der Waals surface area contributed by atoms with Gasteiger partial charge in [-0.1, -0.05) is 42.5 Å². The van der Waals surface area contributed by atoms with E-state index in [1.165, 1.54) is 6.07 Å². The standard InChI is InChI=1S/C22H23N3O4/c26-21(9-4-11-25-12-10-19(23-25)22(27)28)24-13-14-29-20(15-24)18-8-3-6-16-5-1-2-7-17(16)18/h1-3,5-8,10,12,20H,4,9,11,13-15H2,(H,27,28). The highest BCUT2D eigenvalue weighted by atomic mass is 16.5. The fraction of sp³-hybridized carbons (Fsp3) is 0.318. The van der Waals surface area contributed by atoms with Crippen LogP contribution in [0, 0.1) is 0 Å². The smallest absolute Gasteiger partial charge is 0.356 e. The maximum atomic E-state index is 12.7. The molecule has 1 aliphatic heterocycles. The number of carbonyl (C=O) groups is 2. The van der Waals surface area contributed by atoms with Gasteiger partial charge >= 0.3 is 5.97 Å². The first kappa shape index (κ1) is 19.1. The van der Waals surface area contributed by atoms with Crippen LogP contribution in [0.1, 0.15) is 35.0 Å². The van der Waals surface area contributed by atoms with Crippen LogP contribution >= 0.6 is 0 Å². The first-order valence-electron chi connectivity index (χ1n) is 9.75. The maximum Gasteiger partial charge on any atom is 0.356 e. The highest BCUT2D eigenvalue weighted by Crippen LogP contribution is 2.29. The van der Waals surface area contributed by atoms with Gasteiger partial charge in [0.05, 0.1) is 13.2 Å². The quantitative estimate of drug-likeness (QED) is 0.696. The second-order valence-corrected chi connectivity index (χ2v) is 7.14. The van der Waals surface area contributed by atoms with E-state index in [2.05, 4.69) is 29.4 Å². The predicted octanol–water partition coefficient (Wildman–Crippen LogP) is 3.11. The molecule has 0 bridgehead atoms. The molecule has 7 heteroatoms. The Labute approximate surface area is 168 Å². The van der Waals surface area contributed by atoms with Gasteiger partial charge in [0.1, 0.15) is 6.10 Å². The zero-order valence-electron chi connectivity index (χ0n) is 16.0. The number of ether oxygens (including phenoxy) is 1. The largest absolute Gasteiger partial charge is 0.476 e. The molecule has 0 aliphatic carbocycles. The van der Waals surface area contributed by atoms with Crippen molar-refractivity contribution in [1.82, 2.24) is 14.7 Å². The molecule has 0 saturated carbocycles. The molecule has 1 aliphatic rings. The minimum Gasteiger partial charge on any atom is -0.476 e. The number of rotatable bonds is 6. The lowest BCUT2D eigenvalue weighted by molar-refractivity contribution is -0.139. The van der Waals surface area contributed by atoms with Gasteiger partial charge in [-0.3, -0.25) is 9.48 Å². The minimum absolute atomic E-state index is 0.0161. The molecule has 1 N–H and O–H groups in total. The molecule has 1 aromatic heterocycles. The van der Waals surface area contributed by atoms with Crippen LogP contribution in [0.15, 0.2) is 54.7 Å². The van der Waals surface area contributed by atoms with Gasteiger partial charge in [0.15, 0.2) is 5.69 Å². The second kappa shape index (κ2) is 8.45. The normalized spacial score (nSPS) is 16.8. The molecule has 1 atom stereocenters. The molecule has 0 radical (unpaired) electrons. The minimum atomic E-state index is -1.05. The number of hydrogen-bond donors (Lipinski definition) is 1. The summed E-state index contributed by atoms with van der Waals surface area (Å²) in [5.41, 5.74) is 1.13. The van der Waals surface area contributed by atoms with Crippen molar-refractivity contribution in [3.05, 3.63) is 66.0 Å². The van der Waals surface area contributed by atoms with Gasteiger partial charge in [-0.25, -0.2) is 4.79 Å². The van der Waals surface area contributed by atoms with Crippen molar-refractivity contribution < 1.29 is 19.4 Å². The Kier molecular flexibility index (Phi) is 5.57. The molecular weight excluding hydrogens is 370 g/mol. The Morgan fingerprint density at radius 2 is 1.97 bits per heavy atom. The molecule has 2 heterocycles. The zero-order valence-corrected chi connectivity index (χ0v) is 16.0. The molecule has 1 saturated heterocycles. The van der Waals surface area contributed by atoms with Crippen molar-refractivity contribution in [2.24, 2.45) is 0 Å². The summed E-state index contributed by atoms with van der Waals surface area (Å²) in [4.78, 5) is 25.4. The number of aromatic nitrogens is 2. The van der Waals surface area contributed by atoms with Crippen molar-refractivity contribution in [1.29, 1.82) is 0 Å². The first-order valence-corrected chi connectivity index (χ1v) is 9.75. The number of nitrogens with zero attached hydrogens (tertiary/aromatic N) is 3. The number of carboxylic acid groups (broad SMARTS) is 1. The average molecular weight is 393 g/mol. The number of aryl methyl sites for hydroxylation is 1. The van der Waals surface area contributed by atoms with Crippen molar-refractivity contribution >= 4 is 22.6 Å². The first-order chi connectivity index (χ1) is 14.1. The van der Waals surface area contributed by atoms with E-state index in [0.717, 1.165) is 16.3 Å². The molecule has 29 heavy (non-hydrogen) atoms. The summed E-state index contributed by atoms with van der Waals surface area (Å²) >= 11 is 0. The van der Waals surface area contributed by atoms with E-state index in [0.29, 0.717) is 39.1 Å². The molecule has 2 aromatic carbocycles. The van der Waals surface area contributed by atoms with E-state index in [9.17, 15) is 9.59 Å². The molecule has 3 aromatic rings. The van der Waals surface area contributed by atoms with E-state index >= 15 is 0 Å². The second-order valence-electron chi connectivity index (χ2n) is 7.14. The Balaban J connectivity index is 1.36. The SMILES string of the molecule is O=C(O)c1ccn(CCCC(=O)N2CCOC(c3cccc4ccccc34)C2)n1. The van der Waals surface area contributed by atoms with Crippen LogP contribution in [-0.2, 0) is 16.1 Å². The zero-order chi connectivity index (χ0) is 20.2.